The third-order valence-electron chi connectivity index (χ3n) is 3.12. The van der Waals surface area contributed by atoms with Gasteiger partial charge in [0.25, 0.3) is 8.00 Å². The minimum atomic E-state index is -2.36. The number of carbonyl (C=O) groups excluding carboxylic acids is 3. The fraction of sp³-hybridized carbons (Fsp3) is 0.611. The predicted octanol–water partition coefficient (Wildman–Crippen LogP) is 1.66. The zero-order chi connectivity index (χ0) is 20.8. The topological polar surface area (TPSA) is 111 Å². The minimum absolute atomic E-state index is 0.0623. The fourth-order valence-corrected chi connectivity index (χ4v) is 2.71. The summed E-state index contributed by atoms with van der Waals surface area (Å²) in [7, 11) is -2.36. The largest absolute Gasteiger partial charge is 0.595 e. The van der Waals surface area contributed by atoms with Crippen molar-refractivity contribution in [3.8, 4) is 0 Å². The highest BCUT2D eigenvalue weighted by Gasteiger charge is 2.28. The fourth-order valence-electron chi connectivity index (χ4n) is 2.01. The average molecular weight is 402 g/mol. The molecule has 0 spiro atoms. The van der Waals surface area contributed by atoms with Crippen LogP contribution >= 0.6 is 8.00 Å². The number of carbonyl (C=O) groups is 3. The molecule has 27 heavy (non-hydrogen) atoms. The summed E-state index contributed by atoms with van der Waals surface area (Å²) in [4.78, 5) is 48.0. The van der Waals surface area contributed by atoms with Gasteiger partial charge in [-0.05, 0) is 34.1 Å². The highest BCUT2D eigenvalue weighted by atomic mass is 31.1. The van der Waals surface area contributed by atoms with Gasteiger partial charge >= 0.3 is 17.9 Å². The van der Waals surface area contributed by atoms with Gasteiger partial charge in [-0.15, -0.1) is 0 Å². The lowest BCUT2D eigenvalue weighted by Crippen LogP contribution is -2.23. The maximum Gasteiger partial charge on any atom is 0.345 e. The van der Waals surface area contributed by atoms with Crippen molar-refractivity contribution in [3.05, 3.63) is 17.7 Å². The molecule has 0 aliphatic heterocycles. The molecule has 0 aliphatic carbocycles. The SMILES string of the molecule is C=C(CC(CC(=C=[P+]([O-])OCC)C(=O)OCC)C(=O)OCC)C(=O)OCC. The molecule has 152 valence electrons. The zero-order valence-electron chi connectivity index (χ0n) is 16.2. The van der Waals surface area contributed by atoms with Crippen LogP contribution < -0.4 is 4.89 Å². The van der Waals surface area contributed by atoms with Gasteiger partial charge in [0, 0.05) is 12.0 Å². The van der Waals surface area contributed by atoms with Gasteiger partial charge in [0.2, 0.25) is 0 Å². The second-order valence-corrected chi connectivity index (χ2v) is 6.16. The van der Waals surface area contributed by atoms with Gasteiger partial charge in [-0.3, -0.25) is 4.79 Å². The summed E-state index contributed by atoms with van der Waals surface area (Å²) in [5, 5.41) is 0. The molecule has 0 fully saturated rings. The molecule has 8 nitrogen and oxygen atoms in total. The van der Waals surface area contributed by atoms with Gasteiger partial charge in [-0.25, -0.2) is 9.59 Å². The van der Waals surface area contributed by atoms with Gasteiger partial charge in [0.15, 0.2) is 0 Å². The van der Waals surface area contributed by atoms with E-state index in [4.69, 9.17) is 18.7 Å². The maximum absolute atomic E-state index is 12.3. The second kappa shape index (κ2) is 14.1. The number of esters is 3. The molecule has 2 atom stereocenters. The Balaban J connectivity index is 5.68. The molecular weight excluding hydrogens is 375 g/mol. The van der Waals surface area contributed by atoms with Crippen molar-refractivity contribution >= 4 is 31.4 Å². The summed E-state index contributed by atoms with van der Waals surface area (Å²) in [6.45, 7) is 10.7. The van der Waals surface area contributed by atoms with Crippen molar-refractivity contribution in [1.82, 2.24) is 0 Å². The van der Waals surface area contributed by atoms with Crippen LogP contribution in [0.4, 0.5) is 0 Å². The van der Waals surface area contributed by atoms with Gasteiger partial charge in [0.05, 0.1) is 32.3 Å². The molecule has 2 unspecified atom stereocenters. The number of ether oxygens (including phenoxy) is 3. The van der Waals surface area contributed by atoms with E-state index in [0.29, 0.717) is 0 Å². The third-order valence-corrected chi connectivity index (χ3v) is 4.07. The summed E-state index contributed by atoms with van der Waals surface area (Å²) in [6, 6.07) is 0. The molecule has 0 radical (unpaired) electrons. The van der Waals surface area contributed by atoms with Crippen LogP contribution in [0.5, 0.6) is 0 Å². The van der Waals surface area contributed by atoms with E-state index < -0.39 is 31.8 Å². The Hall–Kier alpha value is -1.98. The van der Waals surface area contributed by atoms with Crippen molar-refractivity contribution < 1.29 is 38.0 Å². The first-order valence-electron chi connectivity index (χ1n) is 8.71. The van der Waals surface area contributed by atoms with Crippen molar-refractivity contribution in [2.75, 3.05) is 26.4 Å². The molecule has 0 aromatic carbocycles. The number of hydrogen-bond donors (Lipinski definition) is 0. The number of hydrogen-bond acceptors (Lipinski definition) is 8. The summed E-state index contributed by atoms with van der Waals surface area (Å²) in [5.74, 6) is -2.95. The molecule has 0 amide bonds. The molecule has 0 aromatic rings. The molecule has 0 saturated heterocycles. The lowest BCUT2D eigenvalue weighted by Gasteiger charge is -2.16. The molecule has 0 rings (SSSR count). The van der Waals surface area contributed by atoms with Crippen LogP contribution in [0.25, 0.3) is 0 Å². The van der Waals surface area contributed by atoms with Gasteiger partial charge < -0.3 is 19.1 Å². The van der Waals surface area contributed by atoms with E-state index in [9.17, 15) is 19.3 Å². The summed E-state index contributed by atoms with van der Waals surface area (Å²) < 4.78 is 19.7. The lowest BCUT2D eigenvalue weighted by atomic mass is 9.93. The van der Waals surface area contributed by atoms with Gasteiger partial charge in [-0.1, -0.05) is 6.58 Å². The smallest absolute Gasteiger partial charge is 0.345 e. The van der Waals surface area contributed by atoms with E-state index in [-0.39, 0.29) is 50.4 Å². The normalized spacial score (nSPS) is 11.7. The van der Waals surface area contributed by atoms with Crippen molar-refractivity contribution in [2.45, 2.75) is 40.5 Å². The van der Waals surface area contributed by atoms with E-state index in [2.05, 4.69) is 12.0 Å². The van der Waals surface area contributed by atoms with Crippen LogP contribution in [0.3, 0.4) is 0 Å². The highest BCUT2D eigenvalue weighted by Crippen LogP contribution is 2.23. The van der Waals surface area contributed by atoms with Gasteiger partial charge in [0.1, 0.15) is 11.0 Å². The van der Waals surface area contributed by atoms with Gasteiger partial charge in [-0.2, -0.15) is 4.52 Å². The molecule has 9 heteroatoms. The van der Waals surface area contributed by atoms with Crippen molar-refractivity contribution in [2.24, 2.45) is 5.92 Å². The summed E-state index contributed by atoms with van der Waals surface area (Å²) in [6.07, 6.45) is -0.280. The van der Waals surface area contributed by atoms with Crippen LogP contribution in [-0.2, 0) is 33.1 Å². The Morgan fingerprint density at radius 2 is 1.48 bits per heavy atom. The lowest BCUT2D eigenvalue weighted by molar-refractivity contribution is -0.171. The van der Waals surface area contributed by atoms with Crippen LogP contribution in [0.2, 0.25) is 0 Å². The van der Waals surface area contributed by atoms with E-state index in [1.54, 1.807) is 27.7 Å². The molecular formula is C18H27O8P. The molecule has 0 aromatic heterocycles. The predicted molar refractivity (Wildman–Crippen MR) is 98.8 cm³/mol. The van der Waals surface area contributed by atoms with E-state index in [1.165, 1.54) is 0 Å². The maximum atomic E-state index is 12.3. The van der Waals surface area contributed by atoms with Crippen molar-refractivity contribution in [1.29, 1.82) is 0 Å². The minimum Gasteiger partial charge on any atom is -0.595 e. The summed E-state index contributed by atoms with van der Waals surface area (Å²) >= 11 is 0. The average Bonchev–Trinajstić information content (AvgIpc) is 2.61. The number of rotatable bonds is 12. The van der Waals surface area contributed by atoms with E-state index in [1.807, 2.05) is 0 Å². The Morgan fingerprint density at radius 1 is 0.926 bits per heavy atom. The Bertz CT molecular complexity index is 604. The Kier molecular flexibility index (Phi) is 13.1. The second-order valence-electron chi connectivity index (χ2n) is 5.17. The summed E-state index contributed by atoms with van der Waals surface area (Å²) in [5.41, 5.74) is 2.39. The first kappa shape index (κ1) is 25.0. The van der Waals surface area contributed by atoms with Crippen LogP contribution in [0.1, 0.15) is 40.5 Å². The monoisotopic (exact) mass is 402 g/mol. The molecule has 0 aliphatic rings. The molecule has 0 bridgehead atoms. The van der Waals surface area contributed by atoms with Crippen molar-refractivity contribution in [3.63, 3.8) is 0 Å². The Morgan fingerprint density at radius 3 is 2.00 bits per heavy atom. The first-order chi connectivity index (χ1) is 12.8. The zero-order valence-corrected chi connectivity index (χ0v) is 17.1. The Labute approximate surface area is 160 Å². The molecule has 0 N–H and O–H groups in total. The van der Waals surface area contributed by atoms with Crippen LogP contribution in [0.15, 0.2) is 17.7 Å². The standard InChI is InChI=1S/C18H27O8P/c1-6-23-16(19)13(5)10-14(17(20)24-7-2)11-15(18(21)25-8-3)12-27(22)26-9-4/h14H,5-11H2,1-4H3. The quantitative estimate of drug-likeness (QED) is 0.210. The van der Waals surface area contributed by atoms with E-state index in [0.717, 1.165) is 0 Å². The molecule has 0 saturated carbocycles. The van der Waals surface area contributed by atoms with Crippen LogP contribution in [0, 0.1) is 5.92 Å². The third kappa shape index (κ3) is 10.1. The first-order valence-corrected chi connectivity index (χ1v) is 9.89. The highest BCUT2D eigenvalue weighted by molar-refractivity contribution is 7.44. The van der Waals surface area contributed by atoms with Crippen LogP contribution in [-0.4, -0.2) is 49.8 Å². The molecule has 0 heterocycles. The van der Waals surface area contributed by atoms with E-state index >= 15 is 0 Å².